The summed E-state index contributed by atoms with van der Waals surface area (Å²) in [6.07, 6.45) is 4.44. The van der Waals surface area contributed by atoms with Gasteiger partial charge in [-0.2, -0.15) is 5.10 Å². The minimum Gasteiger partial charge on any atom is -0.382 e. The summed E-state index contributed by atoms with van der Waals surface area (Å²) >= 11 is 0. The Morgan fingerprint density at radius 3 is 2.59 bits per heavy atom. The maximum absolute atomic E-state index is 13.3. The number of nitrogens with zero attached hydrogens (tertiary/aromatic N) is 3. The highest BCUT2D eigenvalue weighted by Crippen LogP contribution is 2.23. The fourth-order valence-corrected chi connectivity index (χ4v) is 2.87. The zero-order valence-corrected chi connectivity index (χ0v) is 15.5. The van der Waals surface area contributed by atoms with Crippen LogP contribution in [0.3, 0.4) is 0 Å². The third kappa shape index (κ3) is 4.25. The van der Waals surface area contributed by atoms with Crippen LogP contribution in [-0.4, -0.2) is 40.0 Å². The maximum atomic E-state index is 13.3. The molecule has 0 spiro atoms. The molecule has 1 aromatic carbocycles. The number of hydrogen-bond acceptors (Lipinski definition) is 3. The summed E-state index contributed by atoms with van der Waals surface area (Å²) in [6, 6.07) is 9.78. The molecule has 2 heterocycles. The number of nitrogens with one attached hydrogen (secondary N) is 1. The molecule has 142 valence electrons. The van der Waals surface area contributed by atoms with Crippen LogP contribution in [-0.2, 0) is 4.74 Å². The molecule has 7 heteroatoms. The van der Waals surface area contributed by atoms with E-state index in [0.29, 0.717) is 42.5 Å². The lowest BCUT2D eigenvalue weighted by atomic mass is 10.2. The van der Waals surface area contributed by atoms with Crippen LogP contribution >= 0.6 is 0 Å². The van der Waals surface area contributed by atoms with Gasteiger partial charge in [0.05, 0.1) is 11.4 Å². The molecule has 3 rings (SSSR count). The van der Waals surface area contributed by atoms with Crippen molar-refractivity contribution in [1.29, 1.82) is 0 Å². The molecule has 1 amide bonds. The SMILES string of the molecule is CCOCCCNC(=O)c1c(C)nn(-c2ccc(F)cc2)c1-n1cccc1. The third-order valence-corrected chi connectivity index (χ3v) is 4.14. The molecule has 2 aromatic heterocycles. The number of hydrogen-bond donors (Lipinski definition) is 1. The second-order valence-electron chi connectivity index (χ2n) is 6.07. The van der Waals surface area contributed by atoms with Gasteiger partial charge in [0, 0.05) is 32.2 Å². The van der Waals surface area contributed by atoms with Gasteiger partial charge in [0.15, 0.2) is 5.82 Å². The van der Waals surface area contributed by atoms with Gasteiger partial charge in [-0.15, -0.1) is 0 Å². The minimum atomic E-state index is -0.322. The molecule has 0 saturated heterocycles. The number of ether oxygens (including phenoxy) is 1. The largest absolute Gasteiger partial charge is 0.382 e. The highest BCUT2D eigenvalue weighted by Gasteiger charge is 2.23. The predicted octanol–water partition coefficient (Wildman–Crippen LogP) is 3.27. The molecule has 0 aliphatic carbocycles. The third-order valence-electron chi connectivity index (χ3n) is 4.14. The van der Waals surface area contributed by atoms with Crippen LogP contribution in [0, 0.1) is 12.7 Å². The van der Waals surface area contributed by atoms with E-state index in [1.807, 2.05) is 36.0 Å². The van der Waals surface area contributed by atoms with Crippen LogP contribution in [0.2, 0.25) is 0 Å². The standard InChI is InChI=1S/C20H23FN4O2/c1-3-27-14-6-11-22-19(26)18-15(2)23-25(17-9-7-16(21)8-10-17)20(18)24-12-4-5-13-24/h4-5,7-10,12-13H,3,6,11,14H2,1-2H3,(H,22,26). The second-order valence-corrected chi connectivity index (χ2v) is 6.07. The molecular formula is C20H23FN4O2. The summed E-state index contributed by atoms with van der Waals surface area (Å²) in [6.45, 7) is 5.52. The normalized spacial score (nSPS) is 10.9. The van der Waals surface area contributed by atoms with Crippen LogP contribution in [0.15, 0.2) is 48.8 Å². The van der Waals surface area contributed by atoms with Crippen molar-refractivity contribution in [2.45, 2.75) is 20.3 Å². The molecule has 3 aromatic rings. The average molecular weight is 370 g/mol. The Kier molecular flexibility index (Phi) is 6.03. The molecule has 0 aliphatic heterocycles. The highest BCUT2D eigenvalue weighted by atomic mass is 19.1. The number of aromatic nitrogens is 3. The van der Waals surface area contributed by atoms with Gasteiger partial charge >= 0.3 is 0 Å². The zero-order valence-electron chi connectivity index (χ0n) is 15.5. The van der Waals surface area contributed by atoms with Crippen molar-refractivity contribution in [2.24, 2.45) is 0 Å². The number of amides is 1. The quantitative estimate of drug-likeness (QED) is 0.619. The number of aryl methyl sites for hydroxylation is 1. The Morgan fingerprint density at radius 2 is 1.93 bits per heavy atom. The van der Waals surface area contributed by atoms with Crippen LogP contribution in [0.4, 0.5) is 4.39 Å². The van der Waals surface area contributed by atoms with E-state index in [-0.39, 0.29) is 11.7 Å². The predicted molar refractivity (Wildman–Crippen MR) is 101 cm³/mol. The van der Waals surface area contributed by atoms with E-state index in [4.69, 9.17) is 4.74 Å². The van der Waals surface area contributed by atoms with Gasteiger partial charge in [-0.05, 0) is 56.7 Å². The van der Waals surface area contributed by atoms with E-state index in [1.54, 1.807) is 23.7 Å². The van der Waals surface area contributed by atoms with Crippen LogP contribution < -0.4 is 5.32 Å². The molecule has 6 nitrogen and oxygen atoms in total. The summed E-state index contributed by atoms with van der Waals surface area (Å²) < 4.78 is 22.1. The summed E-state index contributed by atoms with van der Waals surface area (Å²) in [5, 5.41) is 7.46. The monoisotopic (exact) mass is 370 g/mol. The summed E-state index contributed by atoms with van der Waals surface area (Å²) in [5.74, 6) is 0.102. The van der Waals surface area contributed by atoms with Gasteiger partial charge in [-0.1, -0.05) is 0 Å². The maximum Gasteiger partial charge on any atom is 0.256 e. The molecule has 0 atom stereocenters. The number of carbonyl (C=O) groups excluding carboxylic acids is 1. The Hall–Kier alpha value is -2.93. The number of carbonyl (C=O) groups is 1. The smallest absolute Gasteiger partial charge is 0.256 e. The zero-order chi connectivity index (χ0) is 19.2. The second kappa shape index (κ2) is 8.64. The van der Waals surface area contributed by atoms with Gasteiger partial charge in [0.1, 0.15) is 11.4 Å². The van der Waals surface area contributed by atoms with E-state index in [2.05, 4.69) is 10.4 Å². The van der Waals surface area contributed by atoms with Crippen molar-refractivity contribution < 1.29 is 13.9 Å². The lowest BCUT2D eigenvalue weighted by Crippen LogP contribution is -2.27. The summed E-state index contributed by atoms with van der Waals surface area (Å²) in [7, 11) is 0. The first-order valence-electron chi connectivity index (χ1n) is 8.96. The minimum absolute atomic E-state index is 0.193. The molecule has 0 saturated carbocycles. The fraction of sp³-hybridized carbons (Fsp3) is 0.300. The highest BCUT2D eigenvalue weighted by molar-refractivity contribution is 5.98. The molecule has 0 aliphatic rings. The van der Waals surface area contributed by atoms with Crippen LogP contribution in [0.5, 0.6) is 0 Å². The van der Waals surface area contributed by atoms with E-state index < -0.39 is 0 Å². The molecule has 0 unspecified atom stereocenters. The van der Waals surface area contributed by atoms with E-state index >= 15 is 0 Å². The van der Waals surface area contributed by atoms with E-state index in [0.717, 1.165) is 6.42 Å². The molecule has 0 bridgehead atoms. The Bertz CT molecular complexity index is 886. The van der Waals surface area contributed by atoms with Gasteiger partial charge in [0.2, 0.25) is 0 Å². The summed E-state index contributed by atoms with van der Waals surface area (Å²) in [5.41, 5.74) is 1.77. The van der Waals surface area contributed by atoms with Crippen LogP contribution in [0.1, 0.15) is 29.4 Å². The average Bonchev–Trinajstić information content (AvgIpc) is 3.29. The molecule has 1 N–H and O–H groups in total. The number of rotatable bonds is 8. The molecule has 0 radical (unpaired) electrons. The molecule has 27 heavy (non-hydrogen) atoms. The van der Waals surface area contributed by atoms with Crippen molar-refractivity contribution in [2.75, 3.05) is 19.8 Å². The first kappa shape index (κ1) is 18.8. The van der Waals surface area contributed by atoms with Crippen LogP contribution in [0.25, 0.3) is 11.5 Å². The van der Waals surface area contributed by atoms with Crippen molar-refractivity contribution in [1.82, 2.24) is 19.7 Å². The van der Waals surface area contributed by atoms with E-state index in [1.165, 1.54) is 12.1 Å². The lowest BCUT2D eigenvalue weighted by Gasteiger charge is -2.11. The lowest BCUT2D eigenvalue weighted by molar-refractivity contribution is 0.0943. The Labute approximate surface area is 157 Å². The van der Waals surface area contributed by atoms with Crippen molar-refractivity contribution in [3.05, 3.63) is 65.9 Å². The Balaban J connectivity index is 1.94. The van der Waals surface area contributed by atoms with E-state index in [9.17, 15) is 9.18 Å². The number of benzene rings is 1. The van der Waals surface area contributed by atoms with Gasteiger partial charge in [0.25, 0.3) is 5.91 Å². The topological polar surface area (TPSA) is 61.1 Å². The first-order chi connectivity index (χ1) is 13.1. The molecule has 0 fully saturated rings. The number of halogens is 1. The molecular weight excluding hydrogens is 347 g/mol. The Morgan fingerprint density at radius 1 is 1.22 bits per heavy atom. The fourth-order valence-electron chi connectivity index (χ4n) is 2.87. The van der Waals surface area contributed by atoms with Gasteiger partial charge in [-0.3, -0.25) is 4.79 Å². The van der Waals surface area contributed by atoms with Crippen molar-refractivity contribution >= 4 is 5.91 Å². The first-order valence-corrected chi connectivity index (χ1v) is 8.96. The van der Waals surface area contributed by atoms with Gasteiger partial charge < -0.3 is 14.6 Å². The van der Waals surface area contributed by atoms with Gasteiger partial charge in [-0.25, -0.2) is 9.07 Å². The van der Waals surface area contributed by atoms with Crippen molar-refractivity contribution in [3.8, 4) is 11.5 Å². The van der Waals surface area contributed by atoms with Crippen molar-refractivity contribution in [3.63, 3.8) is 0 Å². The summed E-state index contributed by atoms with van der Waals surface area (Å²) in [4.78, 5) is 12.8.